The molecule has 0 aliphatic heterocycles. The molecule has 0 radical (unpaired) electrons. The molecular weight excluding hydrogens is 569 g/mol. The number of nitrogens with one attached hydrogen (secondary N) is 1. The molecule has 1 amide bonds. The molecule has 0 saturated carbocycles. The van der Waals surface area contributed by atoms with Crippen molar-refractivity contribution >= 4 is 35.1 Å². The van der Waals surface area contributed by atoms with Crippen molar-refractivity contribution in [3.8, 4) is 28.0 Å². The van der Waals surface area contributed by atoms with Gasteiger partial charge in [0.2, 0.25) is 0 Å². The maximum atomic E-state index is 13.3. The number of halogens is 2. The summed E-state index contributed by atoms with van der Waals surface area (Å²) < 4.78 is 5.81. The zero-order valence-corrected chi connectivity index (χ0v) is 25.0. The number of ether oxygens (including phenoxy) is 1. The number of hydrogen-bond acceptors (Lipinski definition) is 3. The minimum Gasteiger partial charge on any atom is -0.481 e. The highest BCUT2D eigenvalue weighted by Gasteiger charge is 2.20. The standard InChI is InChI=1S/C35H35Cl2NO4/c36-29-19-27(20-30(37)23-29)32-22-28(21-31(26-16-10-6-11-17-26)34(32)42-24-33(39)40)35(41)38-18-12-4-2-1-3-7-13-25-14-8-5-9-15-25/h5-6,8-11,14-17,19-23H,1-4,7,12-13,18,24H2,(H,38,41)(H,39,40). The van der Waals surface area contributed by atoms with Gasteiger partial charge in [0.15, 0.2) is 6.61 Å². The van der Waals surface area contributed by atoms with Crippen LogP contribution in [0.3, 0.4) is 0 Å². The van der Waals surface area contributed by atoms with E-state index in [1.165, 1.54) is 24.8 Å². The highest BCUT2D eigenvalue weighted by molar-refractivity contribution is 6.35. The van der Waals surface area contributed by atoms with E-state index in [9.17, 15) is 14.7 Å². The Bertz CT molecular complexity index is 1460. The van der Waals surface area contributed by atoms with Gasteiger partial charge < -0.3 is 15.2 Å². The van der Waals surface area contributed by atoms with Crippen molar-refractivity contribution in [2.75, 3.05) is 13.2 Å². The average Bonchev–Trinajstić information content (AvgIpc) is 2.99. The molecule has 0 atom stereocenters. The van der Waals surface area contributed by atoms with Gasteiger partial charge in [0.1, 0.15) is 5.75 Å². The van der Waals surface area contributed by atoms with Crippen molar-refractivity contribution in [1.29, 1.82) is 0 Å². The number of aryl methyl sites for hydroxylation is 1. The summed E-state index contributed by atoms with van der Waals surface area (Å²) in [7, 11) is 0. The molecule has 0 aromatic heterocycles. The predicted octanol–water partition coefficient (Wildman–Crippen LogP) is 9.10. The van der Waals surface area contributed by atoms with Crippen molar-refractivity contribution in [3.63, 3.8) is 0 Å². The molecule has 2 N–H and O–H groups in total. The lowest BCUT2D eigenvalue weighted by Crippen LogP contribution is -2.24. The van der Waals surface area contributed by atoms with Crippen LogP contribution in [0.1, 0.15) is 54.4 Å². The SMILES string of the molecule is O=C(O)COc1c(-c2ccccc2)cc(C(=O)NCCCCCCCCc2ccccc2)cc1-c1cc(Cl)cc(Cl)c1. The number of benzene rings is 4. The molecular formula is C35H35Cl2NO4. The molecule has 0 aliphatic carbocycles. The van der Waals surface area contributed by atoms with E-state index in [4.69, 9.17) is 27.9 Å². The van der Waals surface area contributed by atoms with Crippen molar-refractivity contribution in [3.05, 3.63) is 112 Å². The fourth-order valence-corrected chi connectivity index (χ4v) is 5.44. The average molecular weight is 605 g/mol. The zero-order chi connectivity index (χ0) is 29.7. The lowest BCUT2D eigenvalue weighted by molar-refractivity contribution is -0.139. The van der Waals surface area contributed by atoms with Crippen LogP contribution in [0, 0.1) is 0 Å². The molecule has 4 aromatic carbocycles. The number of hydrogen-bond donors (Lipinski definition) is 2. The number of carbonyl (C=O) groups excluding carboxylic acids is 1. The summed E-state index contributed by atoms with van der Waals surface area (Å²) in [6.45, 7) is 0.0258. The van der Waals surface area contributed by atoms with E-state index in [1.54, 1.807) is 30.3 Å². The van der Waals surface area contributed by atoms with Crippen LogP contribution < -0.4 is 10.1 Å². The third-order valence-corrected chi connectivity index (χ3v) is 7.41. The normalized spacial score (nSPS) is 10.8. The summed E-state index contributed by atoms with van der Waals surface area (Å²) in [6.07, 6.45) is 7.78. The van der Waals surface area contributed by atoms with Crippen LogP contribution in [-0.4, -0.2) is 30.1 Å². The van der Waals surface area contributed by atoms with Gasteiger partial charge in [-0.3, -0.25) is 4.79 Å². The van der Waals surface area contributed by atoms with Crippen molar-refractivity contribution < 1.29 is 19.4 Å². The lowest BCUT2D eigenvalue weighted by Gasteiger charge is -2.18. The minimum atomic E-state index is -1.11. The van der Waals surface area contributed by atoms with Crippen LogP contribution in [0.2, 0.25) is 10.0 Å². The molecule has 0 fully saturated rings. The second-order valence-electron chi connectivity index (χ2n) is 10.2. The van der Waals surface area contributed by atoms with Crippen molar-refractivity contribution in [2.45, 2.75) is 44.9 Å². The van der Waals surface area contributed by atoms with E-state index in [-0.39, 0.29) is 5.91 Å². The molecule has 0 bridgehead atoms. The van der Waals surface area contributed by atoms with Crippen LogP contribution in [-0.2, 0) is 11.2 Å². The number of rotatable bonds is 15. The van der Waals surface area contributed by atoms with Crippen molar-refractivity contribution in [2.24, 2.45) is 0 Å². The third kappa shape index (κ3) is 9.37. The summed E-state index contributed by atoms with van der Waals surface area (Å²) in [5, 5.41) is 13.2. The van der Waals surface area contributed by atoms with Gasteiger partial charge in [-0.15, -0.1) is 0 Å². The summed E-state index contributed by atoms with van der Waals surface area (Å²) in [5.41, 5.74) is 4.36. The minimum absolute atomic E-state index is 0.214. The van der Waals surface area contributed by atoms with E-state index >= 15 is 0 Å². The van der Waals surface area contributed by atoms with Crippen LogP contribution >= 0.6 is 23.2 Å². The maximum Gasteiger partial charge on any atom is 0.341 e. The monoisotopic (exact) mass is 603 g/mol. The number of aliphatic carboxylic acids is 1. The highest BCUT2D eigenvalue weighted by Crippen LogP contribution is 2.42. The molecule has 0 saturated heterocycles. The zero-order valence-electron chi connectivity index (χ0n) is 23.5. The Labute approximate surface area is 257 Å². The van der Waals surface area contributed by atoms with Gasteiger partial charge in [-0.1, -0.05) is 110 Å². The first-order valence-corrected chi connectivity index (χ1v) is 15.0. The maximum absolute atomic E-state index is 13.3. The lowest BCUT2D eigenvalue weighted by atomic mass is 9.94. The van der Waals surface area contributed by atoms with E-state index in [0.717, 1.165) is 31.2 Å². The van der Waals surface area contributed by atoms with Crippen LogP contribution in [0.25, 0.3) is 22.3 Å². The van der Waals surface area contributed by atoms with E-state index in [1.807, 2.05) is 36.4 Å². The molecule has 0 spiro atoms. The molecule has 4 rings (SSSR count). The van der Waals surface area contributed by atoms with Gasteiger partial charge in [-0.2, -0.15) is 0 Å². The Morgan fingerprint density at radius 1 is 0.690 bits per heavy atom. The molecule has 5 nitrogen and oxygen atoms in total. The topological polar surface area (TPSA) is 75.6 Å². The summed E-state index contributed by atoms with van der Waals surface area (Å²) in [5.74, 6) is -0.984. The third-order valence-electron chi connectivity index (χ3n) is 6.97. The second-order valence-corrected chi connectivity index (χ2v) is 11.1. The largest absolute Gasteiger partial charge is 0.481 e. The Balaban J connectivity index is 1.44. The highest BCUT2D eigenvalue weighted by atomic mass is 35.5. The van der Waals surface area contributed by atoms with Gasteiger partial charge in [0.05, 0.1) is 0 Å². The smallest absolute Gasteiger partial charge is 0.341 e. The van der Waals surface area contributed by atoms with Crippen molar-refractivity contribution in [1.82, 2.24) is 5.32 Å². The first kappa shape index (κ1) is 31.1. The fraction of sp³-hybridized carbons (Fsp3) is 0.257. The second kappa shape index (κ2) is 16.0. The van der Waals surface area contributed by atoms with Gasteiger partial charge in [-0.05, 0) is 66.3 Å². The summed E-state index contributed by atoms with van der Waals surface area (Å²) in [6, 6.07) is 28.5. The first-order chi connectivity index (χ1) is 20.4. The Hall–Kier alpha value is -3.80. The number of unbranched alkanes of at least 4 members (excludes halogenated alkanes) is 5. The van der Waals surface area contributed by atoms with Crippen LogP contribution in [0.5, 0.6) is 5.75 Å². The summed E-state index contributed by atoms with van der Waals surface area (Å²) >= 11 is 12.6. The van der Waals surface area contributed by atoms with Gasteiger partial charge in [-0.25, -0.2) is 4.79 Å². The van der Waals surface area contributed by atoms with Crippen LogP contribution in [0.15, 0.2) is 91.0 Å². The Morgan fingerprint density at radius 2 is 1.26 bits per heavy atom. The van der Waals surface area contributed by atoms with Gasteiger partial charge in [0.25, 0.3) is 5.91 Å². The number of amides is 1. The Morgan fingerprint density at radius 3 is 1.90 bits per heavy atom. The molecule has 0 aliphatic rings. The van der Waals surface area contributed by atoms with Crippen LogP contribution in [0.4, 0.5) is 0 Å². The Kier molecular flexibility index (Phi) is 11.9. The molecule has 42 heavy (non-hydrogen) atoms. The van der Waals surface area contributed by atoms with E-state index < -0.39 is 12.6 Å². The molecule has 218 valence electrons. The number of carboxylic acid groups (broad SMARTS) is 1. The number of carboxylic acids is 1. The number of carbonyl (C=O) groups is 2. The van der Waals surface area contributed by atoms with E-state index in [2.05, 4.69) is 29.6 Å². The molecule has 0 unspecified atom stereocenters. The fourth-order valence-electron chi connectivity index (χ4n) is 4.92. The quantitative estimate of drug-likeness (QED) is 0.133. The molecule has 7 heteroatoms. The first-order valence-electron chi connectivity index (χ1n) is 14.3. The molecule has 0 heterocycles. The predicted molar refractivity (Wildman–Crippen MR) is 171 cm³/mol. The van der Waals surface area contributed by atoms with Gasteiger partial charge >= 0.3 is 5.97 Å². The van der Waals surface area contributed by atoms with E-state index in [0.29, 0.717) is 44.6 Å². The molecule has 4 aromatic rings. The summed E-state index contributed by atoms with van der Waals surface area (Å²) in [4.78, 5) is 24.8. The van der Waals surface area contributed by atoms with Gasteiger partial charge in [0, 0.05) is 33.3 Å².